The maximum absolute atomic E-state index is 11.9. The average Bonchev–Trinajstić information content (AvgIpc) is 2.61. The predicted octanol–water partition coefficient (Wildman–Crippen LogP) is 2.35. The number of nitriles is 1. The van der Waals surface area contributed by atoms with Gasteiger partial charge >= 0.3 is 0 Å². The Kier molecular flexibility index (Phi) is 6.64. The largest absolute Gasteiger partial charge is 0.378 e. The van der Waals surface area contributed by atoms with Crippen LogP contribution in [0.25, 0.3) is 6.08 Å². The van der Waals surface area contributed by atoms with Crippen molar-refractivity contribution in [2.24, 2.45) is 0 Å². The van der Waals surface area contributed by atoms with Gasteiger partial charge in [-0.3, -0.25) is 4.79 Å². The smallest absolute Gasteiger partial charge is 0.261 e. The van der Waals surface area contributed by atoms with E-state index in [-0.39, 0.29) is 11.5 Å². The minimum Gasteiger partial charge on any atom is -0.378 e. The van der Waals surface area contributed by atoms with E-state index in [1.807, 2.05) is 30.3 Å². The monoisotopic (exact) mass is 313 g/mol. The Balaban J connectivity index is 2.02. The molecule has 5 nitrogen and oxygen atoms in total. The zero-order chi connectivity index (χ0) is 16.5. The topological polar surface area (TPSA) is 65.4 Å². The van der Waals surface area contributed by atoms with Crippen LogP contribution in [0.15, 0.2) is 29.8 Å². The lowest BCUT2D eigenvalue weighted by Crippen LogP contribution is -2.36. The van der Waals surface area contributed by atoms with E-state index < -0.39 is 0 Å². The lowest BCUT2D eigenvalue weighted by atomic mass is 10.1. The Labute approximate surface area is 137 Å². The maximum atomic E-state index is 11.9. The number of ether oxygens (including phenoxy) is 1. The van der Waals surface area contributed by atoms with E-state index >= 15 is 0 Å². The third-order valence-electron chi connectivity index (χ3n) is 3.76. The summed E-state index contributed by atoms with van der Waals surface area (Å²) in [6.07, 6.45) is 3.55. The first-order valence-electron chi connectivity index (χ1n) is 8.07. The number of benzene rings is 1. The molecule has 1 aromatic rings. The first-order chi connectivity index (χ1) is 11.2. The molecule has 0 bridgehead atoms. The van der Waals surface area contributed by atoms with E-state index in [2.05, 4.69) is 17.1 Å². The summed E-state index contributed by atoms with van der Waals surface area (Å²) in [5.74, 6) is -0.307. The zero-order valence-electron chi connectivity index (χ0n) is 13.5. The summed E-state index contributed by atoms with van der Waals surface area (Å²) in [6.45, 7) is 5.93. The molecule has 1 amide bonds. The van der Waals surface area contributed by atoms with Crippen molar-refractivity contribution in [1.82, 2.24) is 5.32 Å². The first-order valence-corrected chi connectivity index (χ1v) is 8.07. The SMILES string of the molecule is CCCCNC(=O)C(C#N)=Cc1ccc(N2CCOCC2)cc1. The Bertz CT molecular complexity index is 581. The normalized spacial score (nSPS) is 15.1. The third-order valence-corrected chi connectivity index (χ3v) is 3.76. The van der Waals surface area contributed by atoms with Crippen LogP contribution in [0.5, 0.6) is 0 Å². The molecule has 5 heteroatoms. The Morgan fingerprint density at radius 2 is 2.04 bits per heavy atom. The maximum Gasteiger partial charge on any atom is 0.261 e. The van der Waals surface area contributed by atoms with Gasteiger partial charge < -0.3 is 15.0 Å². The van der Waals surface area contributed by atoms with Crippen LogP contribution in [-0.2, 0) is 9.53 Å². The molecule has 1 heterocycles. The second kappa shape index (κ2) is 8.96. The zero-order valence-corrected chi connectivity index (χ0v) is 13.5. The van der Waals surface area contributed by atoms with E-state index in [9.17, 15) is 10.1 Å². The van der Waals surface area contributed by atoms with Crippen molar-refractivity contribution in [2.45, 2.75) is 19.8 Å². The molecule has 0 unspecified atom stereocenters. The molecule has 1 fully saturated rings. The highest BCUT2D eigenvalue weighted by molar-refractivity contribution is 6.01. The summed E-state index contributed by atoms with van der Waals surface area (Å²) < 4.78 is 5.35. The molecule has 0 saturated carbocycles. The van der Waals surface area contributed by atoms with E-state index in [1.54, 1.807) is 6.08 Å². The summed E-state index contributed by atoms with van der Waals surface area (Å²) in [5.41, 5.74) is 2.13. The molecule has 2 rings (SSSR count). The number of carbonyl (C=O) groups is 1. The van der Waals surface area contributed by atoms with Crippen molar-refractivity contribution in [3.8, 4) is 6.07 Å². The minimum absolute atomic E-state index is 0.139. The number of unbranched alkanes of at least 4 members (excludes halogenated alkanes) is 1. The Hall–Kier alpha value is -2.32. The standard InChI is InChI=1S/C18H23N3O2/c1-2-3-8-20-18(22)16(14-19)13-15-4-6-17(7-5-15)21-9-11-23-12-10-21/h4-7,13H,2-3,8-12H2,1H3,(H,20,22). The summed E-state index contributed by atoms with van der Waals surface area (Å²) in [4.78, 5) is 14.2. The Morgan fingerprint density at radius 3 is 2.65 bits per heavy atom. The van der Waals surface area contributed by atoms with Gasteiger partial charge in [-0.1, -0.05) is 25.5 Å². The Morgan fingerprint density at radius 1 is 1.35 bits per heavy atom. The van der Waals surface area contributed by atoms with Gasteiger partial charge in [-0.15, -0.1) is 0 Å². The molecule has 0 atom stereocenters. The molecule has 1 saturated heterocycles. The highest BCUT2D eigenvalue weighted by Crippen LogP contribution is 2.18. The number of hydrogen-bond donors (Lipinski definition) is 1. The molecular weight excluding hydrogens is 290 g/mol. The lowest BCUT2D eigenvalue weighted by Gasteiger charge is -2.28. The summed E-state index contributed by atoms with van der Waals surface area (Å²) in [5, 5.41) is 11.9. The molecule has 122 valence electrons. The van der Waals surface area contributed by atoms with Gasteiger partial charge in [0.05, 0.1) is 13.2 Å². The number of carbonyl (C=O) groups excluding carboxylic acids is 1. The summed E-state index contributed by atoms with van der Waals surface area (Å²) in [7, 11) is 0. The highest BCUT2D eigenvalue weighted by atomic mass is 16.5. The van der Waals surface area contributed by atoms with E-state index in [0.717, 1.165) is 50.4 Å². The average molecular weight is 313 g/mol. The molecule has 1 N–H and O–H groups in total. The fourth-order valence-corrected chi connectivity index (χ4v) is 2.39. The van der Waals surface area contributed by atoms with Gasteiger partial charge in [0.1, 0.15) is 11.6 Å². The van der Waals surface area contributed by atoms with Crippen LogP contribution in [0.4, 0.5) is 5.69 Å². The van der Waals surface area contributed by atoms with Gasteiger partial charge in [-0.2, -0.15) is 5.26 Å². The molecular formula is C18H23N3O2. The third kappa shape index (κ3) is 5.11. The second-order valence-corrected chi connectivity index (χ2v) is 5.47. The van der Waals surface area contributed by atoms with E-state index in [4.69, 9.17) is 4.74 Å². The van der Waals surface area contributed by atoms with Crippen LogP contribution < -0.4 is 10.2 Å². The van der Waals surface area contributed by atoms with Crippen molar-refractivity contribution >= 4 is 17.7 Å². The van der Waals surface area contributed by atoms with Gasteiger partial charge in [0.25, 0.3) is 5.91 Å². The van der Waals surface area contributed by atoms with E-state index in [0.29, 0.717) is 6.54 Å². The first kappa shape index (κ1) is 17.0. The number of nitrogens with one attached hydrogen (secondary N) is 1. The number of anilines is 1. The fraction of sp³-hybridized carbons (Fsp3) is 0.444. The van der Waals surface area contributed by atoms with Crippen molar-refractivity contribution < 1.29 is 9.53 Å². The number of rotatable bonds is 6. The molecule has 0 radical (unpaired) electrons. The van der Waals surface area contributed by atoms with Crippen LogP contribution in [0.2, 0.25) is 0 Å². The van der Waals surface area contributed by atoms with Crippen LogP contribution in [0, 0.1) is 11.3 Å². The van der Waals surface area contributed by atoms with Crippen LogP contribution >= 0.6 is 0 Å². The number of amides is 1. The highest BCUT2D eigenvalue weighted by Gasteiger charge is 2.11. The quantitative estimate of drug-likeness (QED) is 0.497. The van der Waals surface area contributed by atoms with Gasteiger partial charge in [-0.05, 0) is 30.2 Å². The van der Waals surface area contributed by atoms with Crippen molar-refractivity contribution in [3.63, 3.8) is 0 Å². The molecule has 1 aliphatic heterocycles. The van der Waals surface area contributed by atoms with Crippen LogP contribution in [0.3, 0.4) is 0 Å². The van der Waals surface area contributed by atoms with Crippen LogP contribution in [0.1, 0.15) is 25.3 Å². The van der Waals surface area contributed by atoms with Crippen molar-refractivity contribution in [2.75, 3.05) is 37.7 Å². The van der Waals surface area contributed by atoms with Gasteiger partial charge in [0, 0.05) is 25.3 Å². The summed E-state index contributed by atoms with van der Waals surface area (Å²) >= 11 is 0. The number of morpholine rings is 1. The molecule has 1 aliphatic rings. The molecule has 0 spiro atoms. The van der Waals surface area contributed by atoms with Crippen molar-refractivity contribution in [1.29, 1.82) is 5.26 Å². The van der Waals surface area contributed by atoms with Crippen molar-refractivity contribution in [3.05, 3.63) is 35.4 Å². The minimum atomic E-state index is -0.307. The number of nitrogens with zero attached hydrogens (tertiary/aromatic N) is 2. The van der Waals surface area contributed by atoms with Gasteiger partial charge in [0.2, 0.25) is 0 Å². The molecule has 23 heavy (non-hydrogen) atoms. The van der Waals surface area contributed by atoms with Crippen LogP contribution in [-0.4, -0.2) is 38.8 Å². The van der Waals surface area contributed by atoms with Gasteiger partial charge in [0.15, 0.2) is 0 Å². The fourth-order valence-electron chi connectivity index (χ4n) is 2.39. The number of hydrogen-bond acceptors (Lipinski definition) is 4. The summed E-state index contributed by atoms with van der Waals surface area (Å²) in [6, 6.07) is 9.87. The van der Waals surface area contributed by atoms with E-state index in [1.165, 1.54) is 0 Å². The molecule has 1 aromatic carbocycles. The van der Waals surface area contributed by atoms with Gasteiger partial charge in [-0.25, -0.2) is 0 Å². The predicted molar refractivity (Wildman–Crippen MR) is 91.0 cm³/mol. The molecule has 0 aliphatic carbocycles. The second-order valence-electron chi connectivity index (χ2n) is 5.47. The lowest BCUT2D eigenvalue weighted by molar-refractivity contribution is -0.117. The molecule has 0 aromatic heterocycles.